The minimum atomic E-state index is -0.173. The lowest BCUT2D eigenvalue weighted by Gasteiger charge is -2.07. The number of aromatic nitrogens is 2. The molecule has 1 aromatic carbocycles. The molecule has 0 radical (unpaired) electrons. The molecule has 3 aromatic rings. The van der Waals surface area contributed by atoms with Gasteiger partial charge in [-0.05, 0) is 43.2 Å². The van der Waals surface area contributed by atoms with Gasteiger partial charge in [-0.3, -0.25) is 14.4 Å². The number of aromatic amines is 1. The fourth-order valence-electron chi connectivity index (χ4n) is 3.18. The summed E-state index contributed by atoms with van der Waals surface area (Å²) in [5, 5.41) is 6.22. The van der Waals surface area contributed by atoms with E-state index in [1.807, 2.05) is 13.8 Å². The van der Waals surface area contributed by atoms with Crippen LogP contribution in [0.25, 0.3) is 10.2 Å². The van der Waals surface area contributed by atoms with E-state index in [9.17, 15) is 14.4 Å². The van der Waals surface area contributed by atoms with Gasteiger partial charge in [-0.15, -0.1) is 11.3 Å². The fraction of sp³-hybridized carbons (Fsp3) is 0.263. The summed E-state index contributed by atoms with van der Waals surface area (Å²) < 4.78 is 0. The Morgan fingerprint density at radius 3 is 2.93 bits per heavy atom. The molecule has 0 unspecified atom stereocenters. The highest BCUT2D eigenvalue weighted by Crippen LogP contribution is 2.27. The minimum Gasteiger partial charge on any atom is -0.326 e. The molecular formula is C19H18N4O3S. The van der Waals surface area contributed by atoms with Crippen LogP contribution in [0.15, 0.2) is 23.0 Å². The minimum absolute atomic E-state index is 0.0436. The molecule has 0 saturated carbocycles. The van der Waals surface area contributed by atoms with Gasteiger partial charge in [0, 0.05) is 29.1 Å². The van der Waals surface area contributed by atoms with Crippen molar-refractivity contribution in [2.24, 2.45) is 0 Å². The van der Waals surface area contributed by atoms with E-state index in [1.54, 1.807) is 18.2 Å². The van der Waals surface area contributed by atoms with Crippen LogP contribution in [-0.2, 0) is 22.4 Å². The lowest BCUT2D eigenvalue weighted by molar-refractivity contribution is -0.116. The van der Waals surface area contributed by atoms with Gasteiger partial charge in [-0.2, -0.15) is 0 Å². The van der Waals surface area contributed by atoms with Gasteiger partial charge >= 0.3 is 0 Å². The molecule has 1 aliphatic heterocycles. The van der Waals surface area contributed by atoms with Crippen LogP contribution in [-0.4, -0.2) is 21.8 Å². The van der Waals surface area contributed by atoms with Gasteiger partial charge in [0.05, 0.1) is 11.8 Å². The molecule has 0 fully saturated rings. The molecule has 27 heavy (non-hydrogen) atoms. The van der Waals surface area contributed by atoms with E-state index in [2.05, 4.69) is 20.6 Å². The van der Waals surface area contributed by atoms with E-state index in [-0.39, 0.29) is 23.8 Å². The molecule has 8 heteroatoms. The number of amides is 2. The number of nitrogens with one attached hydrogen (secondary N) is 3. The van der Waals surface area contributed by atoms with E-state index in [0.717, 1.165) is 21.7 Å². The van der Waals surface area contributed by atoms with Crippen molar-refractivity contribution in [1.82, 2.24) is 9.97 Å². The van der Waals surface area contributed by atoms with Crippen LogP contribution in [0, 0.1) is 13.8 Å². The molecular weight excluding hydrogens is 364 g/mol. The molecule has 7 nitrogen and oxygen atoms in total. The van der Waals surface area contributed by atoms with Crippen molar-refractivity contribution in [3.05, 3.63) is 50.4 Å². The normalized spacial score (nSPS) is 12.9. The van der Waals surface area contributed by atoms with Crippen molar-refractivity contribution in [2.45, 2.75) is 33.1 Å². The second-order valence-electron chi connectivity index (χ2n) is 6.62. The number of aryl methyl sites for hydroxylation is 3. The SMILES string of the molecule is Cc1sc2nc(CCC(=O)Nc3ccc4c(c3)CC(=O)N4)[nH]c(=O)c2c1C. The number of carbonyl (C=O) groups is 2. The molecule has 138 valence electrons. The summed E-state index contributed by atoms with van der Waals surface area (Å²) in [7, 11) is 0. The van der Waals surface area contributed by atoms with Gasteiger partial charge in [0.1, 0.15) is 10.7 Å². The number of benzene rings is 1. The number of carbonyl (C=O) groups excluding carboxylic acids is 2. The summed E-state index contributed by atoms with van der Waals surface area (Å²) in [6.45, 7) is 3.88. The second-order valence-corrected chi connectivity index (χ2v) is 7.82. The van der Waals surface area contributed by atoms with Crippen LogP contribution in [0.5, 0.6) is 0 Å². The van der Waals surface area contributed by atoms with Gasteiger partial charge in [0.15, 0.2) is 0 Å². The van der Waals surface area contributed by atoms with E-state index >= 15 is 0 Å². The smallest absolute Gasteiger partial charge is 0.259 e. The first-order chi connectivity index (χ1) is 12.9. The van der Waals surface area contributed by atoms with E-state index in [0.29, 0.717) is 34.6 Å². The summed E-state index contributed by atoms with van der Waals surface area (Å²) in [4.78, 5) is 45.0. The van der Waals surface area contributed by atoms with Crippen LogP contribution in [0.3, 0.4) is 0 Å². The zero-order chi connectivity index (χ0) is 19.1. The van der Waals surface area contributed by atoms with E-state index < -0.39 is 0 Å². The Bertz CT molecular complexity index is 1150. The quantitative estimate of drug-likeness (QED) is 0.645. The van der Waals surface area contributed by atoms with Crippen molar-refractivity contribution in [1.29, 1.82) is 0 Å². The Balaban J connectivity index is 1.44. The van der Waals surface area contributed by atoms with Crippen molar-refractivity contribution >= 4 is 44.7 Å². The number of hydrogen-bond donors (Lipinski definition) is 3. The molecule has 0 bridgehead atoms. The summed E-state index contributed by atoms with van der Waals surface area (Å²) in [5.74, 6) is 0.291. The second kappa shape index (κ2) is 6.62. The summed E-state index contributed by atoms with van der Waals surface area (Å²) in [5.41, 5.74) is 3.11. The lowest BCUT2D eigenvalue weighted by atomic mass is 10.1. The standard InChI is InChI=1S/C19H18N4O3S/c1-9-10(2)27-19-17(9)18(26)22-14(23-19)5-6-15(24)20-12-3-4-13-11(7-12)8-16(25)21-13/h3-4,7H,5-6,8H2,1-2H3,(H,20,24)(H,21,25)(H,22,23,26). The molecule has 1 aliphatic rings. The number of H-pyrrole nitrogens is 1. The summed E-state index contributed by atoms with van der Waals surface area (Å²) in [6, 6.07) is 5.34. The Kier molecular flexibility index (Phi) is 4.27. The monoisotopic (exact) mass is 382 g/mol. The Morgan fingerprint density at radius 2 is 2.11 bits per heavy atom. The highest BCUT2D eigenvalue weighted by molar-refractivity contribution is 7.18. The third-order valence-electron chi connectivity index (χ3n) is 4.69. The zero-order valence-electron chi connectivity index (χ0n) is 14.9. The number of hydrogen-bond acceptors (Lipinski definition) is 5. The van der Waals surface area contributed by atoms with Gasteiger partial charge in [0.25, 0.3) is 5.56 Å². The summed E-state index contributed by atoms with van der Waals surface area (Å²) >= 11 is 1.49. The predicted molar refractivity (Wildman–Crippen MR) is 105 cm³/mol. The Hall–Kier alpha value is -3.00. The van der Waals surface area contributed by atoms with Gasteiger partial charge < -0.3 is 15.6 Å². The number of anilines is 2. The number of rotatable bonds is 4. The highest BCUT2D eigenvalue weighted by Gasteiger charge is 2.18. The molecule has 4 rings (SSSR count). The average molecular weight is 382 g/mol. The predicted octanol–water partition coefficient (Wildman–Crippen LogP) is 2.67. The molecule has 3 heterocycles. The summed E-state index contributed by atoms with van der Waals surface area (Å²) in [6.07, 6.45) is 0.869. The van der Waals surface area contributed by atoms with Crippen molar-refractivity contribution in [3.8, 4) is 0 Å². The maximum atomic E-state index is 12.3. The average Bonchev–Trinajstić information content (AvgIpc) is 3.11. The maximum Gasteiger partial charge on any atom is 0.259 e. The third kappa shape index (κ3) is 3.35. The number of nitrogens with zero attached hydrogens (tertiary/aromatic N) is 1. The molecule has 3 N–H and O–H groups in total. The largest absolute Gasteiger partial charge is 0.326 e. The third-order valence-corrected chi connectivity index (χ3v) is 5.79. The van der Waals surface area contributed by atoms with Crippen LogP contribution in [0.1, 0.15) is 28.2 Å². The Morgan fingerprint density at radius 1 is 1.30 bits per heavy atom. The number of thiophene rings is 1. The first-order valence-electron chi connectivity index (χ1n) is 8.62. The van der Waals surface area contributed by atoms with Crippen LogP contribution in [0.2, 0.25) is 0 Å². The molecule has 0 spiro atoms. The van der Waals surface area contributed by atoms with Crippen molar-refractivity contribution in [2.75, 3.05) is 10.6 Å². The van der Waals surface area contributed by atoms with Crippen LogP contribution in [0.4, 0.5) is 11.4 Å². The van der Waals surface area contributed by atoms with Gasteiger partial charge in [-0.1, -0.05) is 0 Å². The molecule has 2 aromatic heterocycles. The molecule has 0 aliphatic carbocycles. The highest BCUT2D eigenvalue weighted by atomic mass is 32.1. The van der Waals surface area contributed by atoms with Gasteiger partial charge in [0.2, 0.25) is 11.8 Å². The molecule has 0 saturated heterocycles. The van der Waals surface area contributed by atoms with Crippen LogP contribution < -0.4 is 16.2 Å². The van der Waals surface area contributed by atoms with Gasteiger partial charge in [-0.25, -0.2) is 4.98 Å². The van der Waals surface area contributed by atoms with Crippen molar-refractivity contribution in [3.63, 3.8) is 0 Å². The first kappa shape index (κ1) is 17.4. The fourth-order valence-corrected chi connectivity index (χ4v) is 4.23. The maximum absolute atomic E-state index is 12.3. The molecule has 0 atom stereocenters. The first-order valence-corrected chi connectivity index (χ1v) is 9.44. The Labute approximate surface area is 158 Å². The topological polar surface area (TPSA) is 104 Å². The lowest BCUT2D eigenvalue weighted by Crippen LogP contribution is -2.16. The van der Waals surface area contributed by atoms with Crippen LogP contribution >= 0.6 is 11.3 Å². The zero-order valence-corrected chi connectivity index (χ0v) is 15.8. The van der Waals surface area contributed by atoms with E-state index in [4.69, 9.17) is 0 Å². The van der Waals surface area contributed by atoms with Crippen molar-refractivity contribution < 1.29 is 9.59 Å². The number of fused-ring (bicyclic) bond motifs is 2. The molecule has 2 amide bonds. The van der Waals surface area contributed by atoms with E-state index in [1.165, 1.54) is 11.3 Å².